The molecule has 0 spiro atoms. The van der Waals surface area contributed by atoms with E-state index in [-0.39, 0.29) is 16.2 Å². The predicted octanol–water partition coefficient (Wildman–Crippen LogP) is 4.56. The standard InChI is InChI=1S/C14H11BrFNOS/c1-19-11-5-3-10(4-6-11)17-14(18)9-2-7-13(16)12(15)8-9/h2-8H,1H3,(H,17,18). The van der Waals surface area contributed by atoms with E-state index < -0.39 is 0 Å². The van der Waals surface area contributed by atoms with Crippen molar-refractivity contribution in [3.63, 3.8) is 0 Å². The summed E-state index contributed by atoms with van der Waals surface area (Å²) in [6.07, 6.45) is 1.99. The van der Waals surface area contributed by atoms with Gasteiger partial charge in [0.15, 0.2) is 0 Å². The first kappa shape index (κ1) is 14.1. The maximum atomic E-state index is 13.1. The smallest absolute Gasteiger partial charge is 0.255 e. The van der Waals surface area contributed by atoms with Crippen LogP contribution >= 0.6 is 27.7 Å². The molecular formula is C14H11BrFNOS. The minimum atomic E-state index is -0.388. The Morgan fingerprint density at radius 3 is 2.47 bits per heavy atom. The van der Waals surface area contributed by atoms with Crippen molar-refractivity contribution >= 4 is 39.3 Å². The molecule has 2 rings (SSSR count). The Balaban J connectivity index is 2.13. The van der Waals surface area contributed by atoms with Crippen LogP contribution in [-0.4, -0.2) is 12.2 Å². The molecule has 98 valence electrons. The van der Waals surface area contributed by atoms with Crippen LogP contribution in [0.25, 0.3) is 0 Å². The highest BCUT2D eigenvalue weighted by atomic mass is 79.9. The lowest BCUT2D eigenvalue weighted by Crippen LogP contribution is -2.11. The summed E-state index contributed by atoms with van der Waals surface area (Å²) in [5, 5.41) is 2.76. The SMILES string of the molecule is CSc1ccc(NC(=O)c2ccc(F)c(Br)c2)cc1. The van der Waals surface area contributed by atoms with Gasteiger partial charge >= 0.3 is 0 Å². The number of halogens is 2. The van der Waals surface area contributed by atoms with Crippen LogP contribution in [0.2, 0.25) is 0 Å². The first-order valence-corrected chi connectivity index (χ1v) is 7.52. The summed E-state index contributed by atoms with van der Waals surface area (Å²) in [6, 6.07) is 11.7. The normalized spacial score (nSPS) is 10.3. The van der Waals surface area contributed by atoms with E-state index >= 15 is 0 Å². The van der Waals surface area contributed by atoms with Crippen molar-refractivity contribution in [3.8, 4) is 0 Å². The van der Waals surface area contributed by atoms with E-state index in [1.54, 1.807) is 11.8 Å². The molecule has 0 aliphatic carbocycles. The Hall–Kier alpha value is -1.33. The molecule has 0 saturated carbocycles. The first-order chi connectivity index (χ1) is 9.10. The number of carbonyl (C=O) groups excluding carboxylic acids is 1. The number of hydrogen-bond acceptors (Lipinski definition) is 2. The van der Waals surface area contributed by atoms with Crippen LogP contribution in [0.4, 0.5) is 10.1 Å². The Morgan fingerprint density at radius 1 is 1.21 bits per heavy atom. The van der Waals surface area contributed by atoms with Crippen molar-refractivity contribution in [2.24, 2.45) is 0 Å². The summed E-state index contributed by atoms with van der Waals surface area (Å²) < 4.78 is 13.4. The second-order valence-electron chi connectivity index (χ2n) is 3.81. The molecule has 0 aliphatic heterocycles. The molecule has 0 saturated heterocycles. The number of thioether (sulfide) groups is 1. The molecule has 0 heterocycles. The Labute approximate surface area is 123 Å². The minimum Gasteiger partial charge on any atom is -0.322 e. The molecule has 0 aliphatic rings. The van der Waals surface area contributed by atoms with Gasteiger partial charge in [-0.1, -0.05) is 0 Å². The van der Waals surface area contributed by atoms with E-state index in [9.17, 15) is 9.18 Å². The van der Waals surface area contributed by atoms with Gasteiger partial charge in [-0.15, -0.1) is 11.8 Å². The lowest BCUT2D eigenvalue weighted by Gasteiger charge is -2.06. The third-order valence-corrected chi connectivity index (χ3v) is 3.88. The highest BCUT2D eigenvalue weighted by Crippen LogP contribution is 2.20. The fourth-order valence-corrected chi connectivity index (χ4v) is 2.30. The zero-order valence-corrected chi connectivity index (χ0v) is 12.5. The quantitative estimate of drug-likeness (QED) is 0.830. The van der Waals surface area contributed by atoms with E-state index in [0.29, 0.717) is 11.3 Å². The number of nitrogens with one attached hydrogen (secondary N) is 1. The average Bonchev–Trinajstić information content (AvgIpc) is 2.42. The van der Waals surface area contributed by atoms with Crippen LogP contribution in [0.15, 0.2) is 51.8 Å². The van der Waals surface area contributed by atoms with E-state index in [0.717, 1.165) is 4.90 Å². The highest BCUT2D eigenvalue weighted by Gasteiger charge is 2.08. The summed E-state index contributed by atoms with van der Waals surface area (Å²) in [7, 11) is 0. The van der Waals surface area contributed by atoms with E-state index in [1.807, 2.05) is 30.5 Å². The fraction of sp³-hybridized carbons (Fsp3) is 0.0714. The van der Waals surface area contributed by atoms with Crippen LogP contribution in [0, 0.1) is 5.82 Å². The molecule has 0 fully saturated rings. The van der Waals surface area contributed by atoms with Crippen LogP contribution in [0.3, 0.4) is 0 Å². The molecule has 2 aromatic carbocycles. The van der Waals surface area contributed by atoms with E-state index in [2.05, 4.69) is 21.2 Å². The zero-order valence-electron chi connectivity index (χ0n) is 10.1. The maximum Gasteiger partial charge on any atom is 0.255 e. The summed E-state index contributed by atoms with van der Waals surface area (Å²) in [6.45, 7) is 0. The van der Waals surface area contributed by atoms with Gasteiger partial charge in [-0.05, 0) is 64.7 Å². The third-order valence-electron chi connectivity index (χ3n) is 2.53. The lowest BCUT2D eigenvalue weighted by molar-refractivity contribution is 0.102. The Bertz CT molecular complexity index is 601. The Kier molecular flexibility index (Phi) is 4.61. The average molecular weight is 340 g/mol. The van der Waals surface area contributed by atoms with Gasteiger partial charge in [0.25, 0.3) is 5.91 Å². The van der Waals surface area contributed by atoms with Gasteiger partial charge in [-0.3, -0.25) is 4.79 Å². The van der Waals surface area contributed by atoms with Gasteiger partial charge in [-0.2, -0.15) is 0 Å². The molecule has 5 heteroatoms. The van der Waals surface area contributed by atoms with Gasteiger partial charge in [-0.25, -0.2) is 4.39 Å². The van der Waals surface area contributed by atoms with Crippen molar-refractivity contribution in [3.05, 3.63) is 58.3 Å². The molecule has 1 N–H and O–H groups in total. The van der Waals surface area contributed by atoms with Crippen molar-refractivity contribution in [2.45, 2.75) is 4.90 Å². The molecule has 0 radical (unpaired) electrons. The molecule has 19 heavy (non-hydrogen) atoms. The van der Waals surface area contributed by atoms with Crippen LogP contribution in [-0.2, 0) is 0 Å². The summed E-state index contributed by atoms with van der Waals surface area (Å²) >= 11 is 4.70. The predicted molar refractivity (Wildman–Crippen MR) is 80.3 cm³/mol. The van der Waals surface area contributed by atoms with Crippen molar-refractivity contribution < 1.29 is 9.18 Å². The molecule has 2 aromatic rings. The fourth-order valence-electron chi connectivity index (χ4n) is 1.51. The Morgan fingerprint density at radius 2 is 1.89 bits per heavy atom. The molecule has 1 amide bonds. The zero-order chi connectivity index (χ0) is 13.8. The van der Waals surface area contributed by atoms with Crippen molar-refractivity contribution in [1.82, 2.24) is 0 Å². The number of rotatable bonds is 3. The van der Waals surface area contributed by atoms with E-state index in [4.69, 9.17) is 0 Å². The molecular weight excluding hydrogens is 329 g/mol. The van der Waals surface area contributed by atoms with Gasteiger partial charge in [0, 0.05) is 16.1 Å². The largest absolute Gasteiger partial charge is 0.322 e. The van der Waals surface area contributed by atoms with Crippen molar-refractivity contribution in [1.29, 1.82) is 0 Å². The molecule has 0 aromatic heterocycles. The maximum absolute atomic E-state index is 13.1. The summed E-state index contributed by atoms with van der Waals surface area (Å²) in [4.78, 5) is 13.1. The van der Waals surface area contributed by atoms with Gasteiger partial charge in [0.1, 0.15) is 5.82 Å². The topological polar surface area (TPSA) is 29.1 Å². The molecule has 2 nitrogen and oxygen atoms in total. The molecule has 0 unspecified atom stereocenters. The molecule has 0 bridgehead atoms. The first-order valence-electron chi connectivity index (χ1n) is 5.50. The van der Waals surface area contributed by atoms with Gasteiger partial charge < -0.3 is 5.32 Å². The number of benzene rings is 2. The van der Waals surface area contributed by atoms with Crippen LogP contribution in [0.1, 0.15) is 10.4 Å². The summed E-state index contributed by atoms with van der Waals surface area (Å²) in [5.41, 5.74) is 1.12. The van der Waals surface area contributed by atoms with Crippen LogP contribution in [0.5, 0.6) is 0 Å². The number of hydrogen-bond donors (Lipinski definition) is 1. The number of anilines is 1. The van der Waals surface area contributed by atoms with Crippen molar-refractivity contribution in [2.75, 3.05) is 11.6 Å². The summed E-state index contributed by atoms with van der Waals surface area (Å²) in [5.74, 6) is -0.654. The van der Waals surface area contributed by atoms with Gasteiger partial charge in [0.2, 0.25) is 0 Å². The second-order valence-corrected chi connectivity index (χ2v) is 5.55. The minimum absolute atomic E-state index is 0.266. The second kappa shape index (κ2) is 6.21. The number of carbonyl (C=O) groups is 1. The monoisotopic (exact) mass is 339 g/mol. The third kappa shape index (κ3) is 3.58. The van der Waals surface area contributed by atoms with E-state index in [1.165, 1.54) is 18.2 Å². The lowest BCUT2D eigenvalue weighted by atomic mass is 10.2. The number of amides is 1. The van der Waals surface area contributed by atoms with Crippen LogP contribution < -0.4 is 5.32 Å². The van der Waals surface area contributed by atoms with Gasteiger partial charge in [0.05, 0.1) is 4.47 Å². The highest BCUT2D eigenvalue weighted by molar-refractivity contribution is 9.10. The molecule has 0 atom stereocenters.